The maximum atomic E-state index is 14.2. The highest BCUT2D eigenvalue weighted by Gasteiger charge is 2.37. The van der Waals surface area contributed by atoms with Crippen molar-refractivity contribution < 1.29 is 9.13 Å². The number of halogens is 2. The van der Waals surface area contributed by atoms with Gasteiger partial charge in [0.2, 0.25) is 5.95 Å². The van der Waals surface area contributed by atoms with E-state index in [1.165, 1.54) is 6.20 Å². The van der Waals surface area contributed by atoms with E-state index in [1.807, 2.05) is 30.1 Å². The molecule has 4 heterocycles. The lowest BCUT2D eigenvalue weighted by atomic mass is 10.1. The lowest BCUT2D eigenvalue weighted by Crippen LogP contribution is -2.50. The number of hydrogen-bond donors (Lipinski definition) is 0. The van der Waals surface area contributed by atoms with Gasteiger partial charge >= 0.3 is 0 Å². The molecule has 7 nitrogen and oxygen atoms in total. The van der Waals surface area contributed by atoms with Crippen molar-refractivity contribution in [2.75, 3.05) is 50.1 Å². The summed E-state index contributed by atoms with van der Waals surface area (Å²) in [5.41, 5.74) is 1.45. The van der Waals surface area contributed by atoms with E-state index in [1.54, 1.807) is 19.4 Å². The zero-order valence-corrected chi connectivity index (χ0v) is 19.8. The fraction of sp³-hybridized carbons (Fsp3) is 0.435. The second-order valence-corrected chi connectivity index (χ2v) is 9.44. The number of benzene rings is 1. The van der Waals surface area contributed by atoms with Gasteiger partial charge < -0.3 is 14.5 Å². The molecule has 0 saturated carbocycles. The average Bonchev–Trinajstić information content (AvgIpc) is 3.22. The number of anilines is 2. The smallest absolute Gasteiger partial charge is 0.227 e. The van der Waals surface area contributed by atoms with Crippen molar-refractivity contribution in [3.8, 4) is 0 Å². The second-order valence-electron chi connectivity index (χ2n) is 8.52. The monoisotopic (exact) mass is 500 g/mol. The summed E-state index contributed by atoms with van der Waals surface area (Å²) in [4.78, 5) is 20.5. The van der Waals surface area contributed by atoms with Crippen molar-refractivity contribution in [2.24, 2.45) is 0 Å². The van der Waals surface area contributed by atoms with Gasteiger partial charge in [-0.05, 0) is 30.7 Å². The van der Waals surface area contributed by atoms with E-state index in [0.717, 1.165) is 53.8 Å². The summed E-state index contributed by atoms with van der Waals surface area (Å²) in [6.45, 7) is 4.10. The van der Waals surface area contributed by atoms with Gasteiger partial charge in [-0.2, -0.15) is 4.98 Å². The average molecular weight is 501 g/mol. The molecule has 168 valence electrons. The molecule has 2 atom stereocenters. The molecule has 9 heteroatoms. The van der Waals surface area contributed by atoms with Crippen molar-refractivity contribution in [2.45, 2.75) is 25.1 Å². The van der Waals surface area contributed by atoms with Crippen LogP contribution in [-0.4, -0.2) is 72.3 Å². The Hall–Kier alpha value is -2.36. The predicted molar refractivity (Wildman–Crippen MR) is 127 cm³/mol. The number of aromatic nitrogens is 3. The number of rotatable bonds is 5. The Labute approximate surface area is 195 Å². The summed E-state index contributed by atoms with van der Waals surface area (Å²) in [6, 6.07) is 8.16. The van der Waals surface area contributed by atoms with Crippen LogP contribution in [0.3, 0.4) is 0 Å². The van der Waals surface area contributed by atoms with Crippen LogP contribution in [0.2, 0.25) is 0 Å². The van der Waals surface area contributed by atoms with Gasteiger partial charge in [0.1, 0.15) is 11.6 Å². The maximum absolute atomic E-state index is 14.2. The number of pyridine rings is 1. The summed E-state index contributed by atoms with van der Waals surface area (Å²) < 4.78 is 20.8. The molecular weight excluding hydrogens is 475 g/mol. The molecule has 2 saturated heterocycles. The van der Waals surface area contributed by atoms with Crippen LogP contribution in [0.15, 0.2) is 41.1 Å². The number of fused-ring (bicyclic) bond motifs is 2. The van der Waals surface area contributed by atoms with Crippen molar-refractivity contribution in [3.05, 3.63) is 52.5 Å². The Morgan fingerprint density at radius 3 is 2.91 bits per heavy atom. The third-order valence-electron chi connectivity index (χ3n) is 6.45. The van der Waals surface area contributed by atoms with E-state index in [-0.39, 0.29) is 5.82 Å². The van der Waals surface area contributed by atoms with Crippen LogP contribution in [0, 0.1) is 5.82 Å². The van der Waals surface area contributed by atoms with Crippen molar-refractivity contribution in [3.63, 3.8) is 0 Å². The normalized spacial score (nSPS) is 21.2. The minimum absolute atomic E-state index is 0.297. The third kappa shape index (κ3) is 4.16. The van der Waals surface area contributed by atoms with Crippen LogP contribution >= 0.6 is 15.9 Å². The first-order valence-corrected chi connectivity index (χ1v) is 11.6. The topological polar surface area (TPSA) is 57.6 Å². The minimum Gasteiger partial charge on any atom is -0.380 e. The number of ether oxygens (including phenoxy) is 1. The number of piperazine rings is 1. The molecule has 2 fully saturated rings. The van der Waals surface area contributed by atoms with Crippen molar-refractivity contribution in [1.29, 1.82) is 0 Å². The SMILES string of the molecule is CO[C@@H]1C[C@H]2CN(c3nc(N(C)Cc4ccncc4F)c4ccc(Br)cc4n3)CCN2C1. The first-order chi connectivity index (χ1) is 15.5. The largest absolute Gasteiger partial charge is 0.380 e. The fourth-order valence-electron chi connectivity index (χ4n) is 4.72. The standard InChI is InChI=1S/C23H26BrFN6O/c1-29(12-15-5-6-26-11-20(15)25)22-19-4-3-16(24)9-21(19)27-23(28-22)31-8-7-30-14-18(32-2)10-17(30)13-31/h3-6,9,11,17-18H,7-8,10,12-14H2,1-2H3/t17-,18+/m0/s1. The van der Waals surface area contributed by atoms with E-state index in [9.17, 15) is 4.39 Å². The molecule has 2 aromatic heterocycles. The molecule has 0 aliphatic carbocycles. The summed E-state index contributed by atoms with van der Waals surface area (Å²) in [7, 11) is 3.73. The highest BCUT2D eigenvalue weighted by Crippen LogP contribution is 2.31. The van der Waals surface area contributed by atoms with Crippen LogP contribution in [0.25, 0.3) is 10.9 Å². The quantitative estimate of drug-likeness (QED) is 0.531. The van der Waals surface area contributed by atoms with Crippen LogP contribution < -0.4 is 9.80 Å². The maximum Gasteiger partial charge on any atom is 0.227 e. The lowest BCUT2D eigenvalue weighted by Gasteiger charge is -2.37. The first-order valence-electron chi connectivity index (χ1n) is 10.8. The Morgan fingerprint density at radius 2 is 2.09 bits per heavy atom. The Morgan fingerprint density at radius 1 is 1.22 bits per heavy atom. The van der Waals surface area contributed by atoms with Crippen LogP contribution in [0.5, 0.6) is 0 Å². The molecule has 0 unspecified atom stereocenters. The highest BCUT2D eigenvalue weighted by atomic mass is 79.9. The van der Waals surface area contributed by atoms with Crippen molar-refractivity contribution >= 4 is 38.6 Å². The Bertz CT molecular complexity index is 1130. The van der Waals surface area contributed by atoms with Gasteiger partial charge in [0, 0.05) is 74.5 Å². The summed E-state index contributed by atoms with van der Waals surface area (Å²) >= 11 is 3.56. The van der Waals surface area contributed by atoms with Gasteiger partial charge in [0.25, 0.3) is 0 Å². The second kappa shape index (κ2) is 8.88. The molecule has 0 radical (unpaired) electrons. The summed E-state index contributed by atoms with van der Waals surface area (Å²) in [6.07, 6.45) is 4.19. The van der Waals surface area contributed by atoms with E-state index in [0.29, 0.717) is 30.2 Å². The molecule has 2 aliphatic heterocycles. The van der Waals surface area contributed by atoms with E-state index in [2.05, 4.69) is 30.7 Å². The molecule has 0 bridgehead atoms. The summed E-state index contributed by atoms with van der Waals surface area (Å²) in [5.74, 6) is 1.19. The molecule has 2 aliphatic rings. The zero-order chi connectivity index (χ0) is 22.2. The zero-order valence-electron chi connectivity index (χ0n) is 18.2. The number of hydrogen-bond acceptors (Lipinski definition) is 7. The van der Waals surface area contributed by atoms with E-state index < -0.39 is 0 Å². The molecule has 0 N–H and O–H groups in total. The molecule has 1 aromatic carbocycles. The number of nitrogens with zero attached hydrogens (tertiary/aromatic N) is 6. The number of methoxy groups -OCH3 is 1. The van der Waals surface area contributed by atoms with Crippen molar-refractivity contribution in [1.82, 2.24) is 19.9 Å². The van der Waals surface area contributed by atoms with Gasteiger partial charge in [-0.25, -0.2) is 9.37 Å². The molecular formula is C23H26BrFN6O. The minimum atomic E-state index is -0.314. The molecule has 3 aromatic rings. The van der Waals surface area contributed by atoms with E-state index in [4.69, 9.17) is 14.7 Å². The first kappa shape index (κ1) is 21.5. The highest BCUT2D eigenvalue weighted by molar-refractivity contribution is 9.10. The van der Waals surface area contributed by atoms with Gasteiger partial charge in [-0.1, -0.05) is 15.9 Å². The Kier molecular flexibility index (Phi) is 5.96. The van der Waals surface area contributed by atoms with Crippen LogP contribution in [-0.2, 0) is 11.3 Å². The van der Waals surface area contributed by atoms with Crippen LogP contribution in [0.1, 0.15) is 12.0 Å². The Balaban J connectivity index is 1.48. The lowest BCUT2D eigenvalue weighted by molar-refractivity contribution is 0.108. The predicted octanol–water partition coefficient (Wildman–Crippen LogP) is 3.47. The van der Waals surface area contributed by atoms with Gasteiger partial charge in [-0.15, -0.1) is 0 Å². The third-order valence-corrected chi connectivity index (χ3v) is 6.94. The van der Waals surface area contributed by atoms with Crippen LogP contribution in [0.4, 0.5) is 16.2 Å². The van der Waals surface area contributed by atoms with E-state index >= 15 is 0 Å². The van der Waals surface area contributed by atoms with Gasteiger partial charge in [0.05, 0.1) is 17.8 Å². The molecule has 32 heavy (non-hydrogen) atoms. The molecule has 0 spiro atoms. The molecule has 5 rings (SSSR count). The van der Waals surface area contributed by atoms with Gasteiger partial charge in [-0.3, -0.25) is 9.88 Å². The van der Waals surface area contributed by atoms with Gasteiger partial charge in [0.15, 0.2) is 0 Å². The molecule has 0 amide bonds. The fourth-order valence-corrected chi connectivity index (χ4v) is 5.07. The summed E-state index contributed by atoms with van der Waals surface area (Å²) in [5, 5.41) is 0.938.